The van der Waals surface area contributed by atoms with Gasteiger partial charge in [-0.2, -0.15) is 0 Å². The highest BCUT2D eigenvalue weighted by molar-refractivity contribution is 6.19. The van der Waals surface area contributed by atoms with Crippen LogP contribution in [0.1, 0.15) is 11.9 Å². The highest BCUT2D eigenvalue weighted by Gasteiger charge is 2.41. The van der Waals surface area contributed by atoms with Crippen LogP contribution in [0.3, 0.4) is 0 Å². The number of hydrogen-bond acceptors (Lipinski definition) is 6. The van der Waals surface area contributed by atoms with Crippen molar-refractivity contribution in [1.82, 2.24) is 14.5 Å². The first-order valence-corrected chi connectivity index (χ1v) is 5.63. The second kappa shape index (κ2) is 4.85. The van der Waals surface area contributed by atoms with Crippen LogP contribution in [0.4, 0.5) is 0 Å². The zero-order valence-electron chi connectivity index (χ0n) is 11.2. The number of aromatic nitrogens is 2. The minimum Gasteiger partial charge on any atom is -0.466 e. The number of carbonyl (C=O) groups is 2. The van der Waals surface area contributed by atoms with Gasteiger partial charge in [-0.05, 0) is 14.1 Å². The lowest BCUT2D eigenvalue weighted by atomic mass is 10.1. The number of carbonyl (C=O) groups excluding carboxylic acids is 2. The van der Waals surface area contributed by atoms with Crippen LogP contribution in [0.15, 0.2) is 18.0 Å². The van der Waals surface area contributed by atoms with Gasteiger partial charge in [-0.25, -0.2) is 14.6 Å². The molecule has 0 bridgehead atoms. The third kappa shape index (κ3) is 1.91. The quantitative estimate of drug-likeness (QED) is 0.719. The Morgan fingerprint density at radius 1 is 1.26 bits per heavy atom. The average Bonchev–Trinajstić information content (AvgIpc) is 2.95. The molecule has 0 N–H and O–H groups in total. The molecule has 0 aliphatic carbocycles. The van der Waals surface area contributed by atoms with Crippen LogP contribution >= 0.6 is 0 Å². The van der Waals surface area contributed by atoms with Crippen LogP contribution in [0.2, 0.25) is 0 Å². The van der Waals surface area contributed by atoms with Gasteiger partial charge < -0.3 is 9.47 Å². The number of imidazole rings is 1. The maximum atomic E-state index is 12.0. The van der Waals surface area contributed by atoms with E-state index < -0.39 is 18.0 Å². The lowest BCUT2D eigenvalue weighted by molar-refractivity contribution is -0.138. The van der Waals surface area contributed by atoms with Crippen molar-refractivity contribution in [2.45, 2.75) is 6.04 Å². The number of ether oxygens (including phenoxy) is 2. The predicted molar refractivity (Wildman–Crippen MR) is 65.9 cm³/mol. The van der Waals surface area contributed by atoms with E-state index in [1.54, 1.807) is 36.0 Å². The molecule has 1 aromatic rings. The monoisotopic (exact) mass is 265 g/mol. The standard InChI is InChI=1S/C12H15N3O4/c1-14(2)8-7(11(16)18-3)9(12(17)19-4)15-6-5-13-10(8)15/h5-6,8H,1-4H3. The largest absolute Gasteiger partial charge is 0.466 e. The van der Waals surface area contributed by atoms with Crippen molar-refractivity contribution < 1.29 is 19.1 Å². The van der Waals surface area contributed by atoms with E-state index in [9.17, 15) is 9.59 Å². The highest BCUT2D eigenvalue weighted by Crippen LogP contribution is 2.38. The average molecular weight is 265 g/mol. The topological polar surface area (TPSA) is 73.7 Å². The first kappa shape index (κ1) is 13.3. The second-order valence-electron chi connectivity index (χ2n) is 4.27. The third-order valence-electron chi connectivity index (χ3n) is 2.98. The number of nitrogens with zero attached hydrogens (tertiary/aromatic N) is 3. The molecule has 1 aliphatic rings. The molecule has 7 heteroatoms. The Morgan fingerprint density at radius 3 is 2.42 bits per heavy atom. The molecule has 1 unspecified atom stereocenters. The van der Waals surface area contributed by atoms with Gasteiger partial charge in [-0.15, -0.1) is 0 Å². The molecule has 0 saturated heterocycles. The van der Waals surface area contributed by atoms with Gasteiger partial charge in [0.1, 0.15) is 17.6 Å². The molecule has 7 nitrogen and oxygen atoms in total. The van der Waals surface area contributed by atoms with Crippen molar-refractivity contribution in [1.29, 1.82) is 0 Å². The molecule has 2 rings (SSSR count). The van der Waals surface area contributed by atoms with Gasteiger partial charge in [0.2, 0.25) is 0 Å². The Bertz CT molecular complexity index is 559. The van der Waals surface area contributed by atoms with Gasteiger partial charge in [0, 0.05) is 12.4 Å². The summed E-state index contributed by atoms with van der Waals surface area (Å²) in [5.74, 6) is -0.570. The molecule has 0 radical (unpaired) electrons. The molecule has 0 aromatic carbocycles. The maximum absolute atomic E-state index is 12.0. The summed E-state index contributed by atoms with van der Waals surface area (Å²) in [7, 11) is 6.14. The minimum absolute atomic E-state index is 0.153. The van der Waals surface area contributed by atoms with Crippen LogP contribution in [-0.2, 0) is 19.1 Å². The minimum atomic E-state index is -0.594. The summed E-state index contributed by atoms with van der Waals surface area (Å²) < 4.78 is 11.1. The summed E-state index contributed by atoms with van der Waals surface area (Å²) in [6, 6.07) is -0.434. The van der Waals surface area contributed by atoms with Crippen molar-refractivity contribution in [2.24, 2.45) is 0 Å². The van der Waals surface area contributed by atoms with Crippen LogP contribution < -0.4 is 0 Å². The lowest BCUT2D eigenvalue weighted by Gasteiger charge is -2.20. The molecule has 1 aromatic heterocycles. The molecular weight excluding hydrogens is 250 g/mol. The normalized spacial score (nSPS) is 17.6. The van der Waals surface area contributed by atoms with Gasteiger partial charge in [-0.3, -0.25) is 9.47 Å². The molecule has 102 valence electrons. The smallest absolute Gasteiger partial charge is 0.355 e. The van der Waals surface area contributed by atoms with Crippen LogP contribution in [0.5, 0.6) is 0 Å². The lowest BCUT2D eigenvalue weighted by Crippen LogP contribution is -2.25. The fourth-order valence-electron chi connectivity index (χ4n) is 2.21. The van der Waals surface area contributed by atoms with Crippen molar-refractivity contribution in [3.63, 3.8) is 0 Å². The Balaban J connectivity index is 2.67. The fourth-order valence-corrected chi connectivity index (χ4v) is 2.21. The summed E-state index contributed by atoms with van der Waals surface area (Å²) in [5, 5.41) is 0. The molecule has 0 spiro atoms. The van der Waals surface area contributed by atoms with Gasteiger partial charge in [0.15, 0.2) is 0 Å². The number of rotatable bonds is 3. The molecule has 1 aliphatic heterocycles. The number of esters is 2. The summed E-state index contributed by atoms with van der Waals surface area (Å²) in [6.45, 7) is 0. The number of hydrogen-bond donors (Lipinski definition) is 0. The molecule has 0 fully saturated rings. The summed E-state index contributed by atoms with van der Waals surface area (Å²) >= 11 is 0. The van der Waals surface area contributed by atoms with E-state index >= 15 is 0 Å². The van der Waals surface area contributed by atoms with E-state index in [1.807, 2.05) is 0 Å². The van der Waals surface area contributed by atoms with E-state index in [2.05, 4.69) is 4.98 Å². The Labute approximate surface area is 110 Å². The van der Waals surface area contributed by atoms with E-state index in [1.165, 1.54) is 14.2 Å². The predicted octanol–water partition coefficient (Wildman–Crippen LogP) is 0.0565. The van der Waals surface area contributed by atoms with Crippen molar-refractivity contribution >= 4 is 17.6 Å². The summed E-state index contributed by atoms with van der Waals surface area (Å²) in [5.41, 5.74) is 0.392. The zero-order chi connectivity index (χ0) is 14.2. The van der Waals surface area contributed by atoms with E-state index in [4.69, 9.17) is 9.47 Å². The van der Waals surface area contributed by atoms with Crippen LogP contribution in [0, 0.1) is 0 Å². The highest BCUT2D eigenvalue weighted by atomic mass is 16.5. The Hall–Kier alpha value is -2.15. The van der Waals surface area contributed by atoms with Crippen LogP contribution in [0.25, 0.3) is 5.70 Å². The Kier molecular flexibility index (Phi) is 3.39. The fraction of sp³-hybridized carbons (Fsp3) is 0.417. The van der Waals surface area contributed by atoms with Gasteiger partial charge in [0.25, 0.3) is 0 Å². The second-order valence-corrected chi connectivity index (χ2v) is 4.27. The number of methoxy groups -OCH3 is 2. The molecule has 19 heavy (non-hydrogen) atoms. The van der Waals surface area contributed by atoms with Gasteiger partial charge >= 0.3 is 11.9 Å². The van der Waals surface area contributed by atoms with Crippen molar-refractivity contribution in [2.75, 3.05) is 28.3 Å². The number of likely N-dealkylation sites (N-methyl/N-ethyl adjacent to an activating group) is 1. The molecule has 0 amide bonds. The first-order valence-electron chi connectivity index (χ1n) is 5.63. The number of fused-ring (bicyclic) bond motifs is 1. The summed E-state index contributed by atoms with van der Waals surface area (Å²) in [4.78, 5) is 29.9. The first-order chi connectivity index (χ1) is 9.02. The summed E-state index contributed by atoms with van der Waals surface area (Å²) in [6.07, 6.45) is 3.19. The maximum Gasteiger partial charge on any atom is 0.355 e. The Morgan fingerprint density at radius 2 is 1.89 bits per heavy atom. The molecule has 1 atom stereocenters. The van der Waals surface area contributed by atoms with Crippen molar-refractivity contribution in [3.8, 4) is 0 Å². The zero-order valence-corrected chi connectivity index (χ0v) is 11.2. The third-order valence-corrected chi connectivity index (χ3v) is 2.98. The van der Waals surface area contributed by atoms with E-state index in [-0.39, 0.29) is 11.3 Å². The van der Waals surface area contributed by atoms with Gasteiger partial charge in [-0.1, -0.05) is 0 Å². The SMILES string of the molecule is COC(=O)C1=C(C(=O)OC)n2ccnc2C1N(C)C. The molecule has 0 saturated carbocycles. The van der Waals surface area contributed by atoms with Crippen LogP contribution in [-0.4, -0.2) is 54.7 Å². The van der Waals surface area contributed by atoms with Crippen molar-refractivity contribution in [3.05, 3.63) is 23.8 Å². The van der Waals surface area contributed by atoms with Gasteiger partial charge in [0.05, 0.1) is 19.8 Å². The van der Waals surface area contributed by atoms with E-state index in [0.717, 1.165) is 0 Å². The molecule has 2 heterocycles. The molecular formula is C12H15N3O4. The van der Waals surface area contributed by atoms with E-state index in [0.29, 0.717) is 5.82 Å².